The highest BCUT2D eigenvalue weighted by molar-refractivity contribution is 6.30. The molecular formula is C16H19ClN2O. The summed E-state index contributed by atoms with van der Waals surface area (Å²) in [5, 5.41) is 4.92. The van der Waals surface area contributed by atoms with Crippen molar-refractivity contribution in [2.75, 3.05) is 5.73 Å². The van der Waals surface area contributed by atoms with Crippen molar-refractivity contribution in [3.63, 3.8) is 0 Å². The predicted octanol–water partition coefficient (Wildman–Crippen LogP) is 4.73. The Balaban J connectivity index is 2.13. The Morgan fingerprint density at radius 2 is 1.85 bits per heavy atom. The highest BCUT2D eigenvalue weighted by Gasteiger charge is 2.67. The third kappa shape index (κ3) is 1.69. The quantitative estimate of drug-likeness (QED) is 0.870. The second-order valence-corrected chi connectivity index (χ2v) is 7.13. The van der Waals surface area contributed by atoms with E-state index in [4.69, 9.17) is 21.9 Å². The van der Waals surface area contributed by atoms with Gasteiger partial charge >= 0.3 is 0 Å². The average Bonchev–Trinajstić information content (AvgIpc) is 2.64. The Labute approximate surface area is 124 Å². The van der Waals surface area contributed by atoms with Gasteiger partial charge in [-0.05, 0) is 28.5 Å². The lowest BCUT2D eigenvalue weighted by atomic mass is 9.99. The summed E-state index contributed by atoms with van der Waals surface area (Å²) in [5.74, 6) is 0.700. The lowest BCUT2D eigenvalue weighted by Gasteiger charge is -2.04. The van der Waals surface area contributed by atoms with Crippen molar-refractivity contribution in [3.8, 4) is 11.1 Å². The number of benzene rings is 1. The zero-order valence-corrected chi connectivity index (χ0v) is 13.0. The molecule has 0 saturated heterocycles. The van der Waals surface area contributed by atoms with Crippen LogP contribution in [0, 0.1) is 10.8 Å². The van der Waals surface area contributed by atoms with Crippen LogP contribution in [0.4, 0.5) is 5.88 Å². The highest BCUT2D eigenvalue weighted by atomic mass is 35.5. The third-order valence-corrected chi connectivity index (χ3v) is 5.39. The van der Waals surface area contributed by atoms with E-state index in [1.165, 1.54) is 0 Å². The van der Waals surface area contributed by atoms with E-state index in [2.05, 4.69) is 32.9 Å². The number of nitrogens with two attached hydrogens (primary N) is 1. The molecule has 1 fully saturated rings. The summed E-state index contributed by atoms with van der Waals surface area (Å²) in [7, 11) is 0. The molecule has 1 aliphatic carbocycles. The molecule has 2 N–H and O–H groups in total. The van der Waals surface area contributed by atoms with E-state index in [9.17, 15) is 0 Å². The maximum Gasteiger partial charge on any atom is 0.230 e. The summed E-state index contributed by atoms with van der Waals surface area (Å²) in [4.78, 5) is 0. The van der Waals surface area contributed by atoms with E-state index in [-0.39, 0.29) is 10.8 Å². The predicted molar refractivity (Wildman–Crippen MR) is 81.7 cm³/mol. The Morgan fingerprint density at radius 3 is 2.40 bits per heavy atom. The van der Waals surface area contributed by atoms with E-state index in [0.29, 0.717) is 16.8 Å². The monoisotopic (exact) mass is 290 g/mol. The van der Waals surface area contributed by atoms with E-state index >= 15 is 0 Å². The van der Waals surface area contributed by atoms with Crippen LogP contribution in [0.15, 0.2) is 28.8 Å². The zero-order valence-electron chi connectivity index (χ0n) is 12.2. The molecule has 106 valence electrons. The summed E-state index contributed by atoms with van der Waals surface area (Å²) in [6.07, 6.45) is 0. The van der Waals surface area contributed by atoms with Crippen LogP contribution in [-0.2, 0) is 0 Å². The molecule has 3 nitrogen and oxygen atoms in total. The van der Waals surface area contributed by atoms with Crippen LogP contribution in [0.25, 0.3) is 11.1 Å². The molecule has 1 saturated carbocycles. The van der Waals surface area contributed by atoms with Gasteiger partial charge in [0.1, 0.15) is 0 Å². The Hall–Kier alpha value is -1.48. The molecule has 1 aromatic carbocycles. The van der Waals surface area contributed by atoms with Crippen molar-refractivity contribution in [2.45, 2.75) is 33.6 Å². The molecule has 1 aliphatic rings. The molecule has 0 amide bonds. The van der Waals surface area contributed by atoms with E-state index in [0.717, 1.165) is 16.8 Å². The standard InChI is InChI=1S/C16H19ClN2O/c1-15(2)13(16(15,3)4)12-11(14(18)20-19-12)9-6-5-7-10(17)8-9/h5-8,13H,18H2,1-4H3. The number of rotatable bonds is 2. The van der Waals surface area contributed by atoms with Crippen molar-refractivity contribution in [1.82, 2.24) is 5.16 Å². The van der Waals surface area contributed by atoms with Gasteiger partial charge in [-0.1, -0.05) is 56.6 Å². The molecule has 2 aromatic rings. The fraction of sp³-hybridized carbons (Fsp3) is 0.438. The van der Waals surface area contributed by atoms with E-state index in [1.54, 1.807) is 0 Å². The number of anilines is 1. The largest absolute Gasteiger partial charge is 0.367 e. The minimum atomic E-state index is 0.184. The minimum absolute atomic E-state index is 0.184. The van der Waals surface area contributed by atoms with Crippen LogP contribution in [0.5, 0.6) is 0 Å². The molecule has 0 unspecified atom stereocenters. The number of hydrogen-bond acceptors (Lipinski definition) is 3. The lowest BCUT2D eigenvalue weighted by molar-refractivity contribution is 0.423. The number of aromatic nitrogens is 1. The van der Waals surface area contributed by atoms with Gasteiger partial charge in [0.15, 0.2) is 0 Å². The minimum Gasteiger partial charge on any atom is -0.367 e. The smallest absolute Gasteiger partial charge is 0.230 e. The molecule has 20 heavy (non-hydrogen) atoms. The molecule has 4 heteroatoms. The summed E-state index contributed by atoms with van der Waals surface area (Å²) in [6, 6.07) is 7.65. The molecular weight excluding hydrogens is 272 g/mol. The van der Waals surface area contributed by atoms with Gasteiger partial charge in [-0.3, -0.25) is 0 Å². The average molecular weight is 291 g/mol. The highest BCUT2D eigenvalue weighted by Crippen LogP contribution is 2.74. The van der Waals surface area contributed by atoms with Crippen LogP contribution in [0.1, 0.15) is 39.3 Å². The second-order valence-electron chi connectivity index (χ2n) is 6.69. The van der Waals surface area contributed by atoms with Crippen molar-refractivity contribution in [1.29, 1.82) is 0 Å². The van der Waals surface area contributed by atoms with Crippen LogP contribution >= 0.6 is 11.6 Å². The first-order valence-corrected chi connectivity index (χ1v) is 7.15. The van der Waals surface area contributed by atoms with Gasteiger partial charge in [-0.25, -0.2) is 0 Å². The van der Waals surface area contributed by atoms with E-state index in [1.807, 2.05) is 24.3 Å². The normalized spacial score (nSPS) is 20.1. The van der Waals surface area contributed by atoms with Crippen molar-refractivity contribution < 1.29 is 4.52 Å². The number of halogens is 1. The number of nitrogen functional groups attached to an aromatic ring is 1. The fourth-order valence-electron chi connectivity index (χ4n) is 3.33. The van der Waals surface area contributed by atoms with Crippen molar-refractivity contribution in [3.05, 3.63) is 35.0 Å². The number of nitrogens with zero attached hydrogens (tertiary/aromatic N) is 1. The fourth-order valence-corrected chi connectivity index (χ4v) is 3.52. The molecule has 1 heterocycles. The van der Waals surface area contributed by atoms with E-state index < -0.39 is 0 Å². The van der Waals surface area contributed by atoms with Gasteiger partial charge in [-0.15, -0.1) is 0 Å². The Bertz CT molecular complexity index is 659. The maximum absolute atomic E-state index is 6.08. The third-order valence-electron chi connectivity index (χ3n) is 5.15. The molecule has 0 aliphatic heterocycles. The Kier molecular flexibility index (Phi) is 2.71. The Morgan fingerprint density at radius 1 is 1.20 bits per heavy atom. The lowest BCUT2D eigenvalue weighted by Crippen LogP contribution is -1.95. The summed E-state index contributed by atoms with van der Waals surface area (Å²) in [5.41, 5.74) is 9.15. The summed E-state index contributed by atoms with van der Waals surface area (Å²) >= 11 is 6.08. The molecule has 0 bridgehead atoms. The maximum atomic E-state index is 6.08. The van der Waals surface area contributed by atoms with Gasteiger partial charge < -0.3 is 10.3 Å². The van der Waals surface area contributed by atoms with Crippen molar-refractivity contribution in [2.24, 2.45) is 10.8 Å². The molecule has 1 aromatic heterocycles. The molecule has 0 spiro atoms. The summed E-state index contributed by atoms with van der Waals surface area (Å²) < 4.78 is 5.26. The van der Waals surface area contributed by atoms with Crippen LogP contribution in [-0.4, -0.2) is 5.16 Å². The van der Waals surface area contributed by atoms with Gasteiger partial charge in [0, 0.05) is 10.9 Å². The topological polar surface area (TPSA) is 52.0 Å². The zero-order chi connectivity index (χ0) is 14.7. The van der Waals surface area contributed by atoms with Gasteiger partial charge in [0.2, 0.25) is 5.88 Å². The van der Waals surface area contributed by atoms with Gasteiger partial charge in [-0.2, -0.15) is 0 Å². The SMILES string of the molecule is CC1(C)C(c2noc(N)c2-c2cccc(Cl)c2)C1(C)C. The van der Waals surface area contributed by atoms with Gasteiger partial charge in [0.25, 0.3) is 0 Å². The molecule has 3 rings (SSSR count). The van der Waals surface area contributed by atoms with Crippen LogP contribution in [0.3, 0.4) is 0 Å². The van der Waals surface area contributed by atoms with Gasteiger partial charge in [0.05, 0.1) is 11.3 Å². The first kappa shape index (κ1) is 13.5. The van der Waals surface area contributed by atoms with Crippen molar-refractivity contribution >= 4 is 17.5 Å². The van der Waals surface area contributed by atoms with Crippen LogP contribution in [0.2, 0.25) is 5.02 Å². The van der Waals surface area contributed by atoms with Crippen LogP contribution < -0.4 is 5.73 Å². The number of hydrogen-bond donors (Lipinski definition) is 1. The first-order valence-electron chi connectivity index (χ1n) is 6.78. The molecule has 0 radical (unpaired) electrons. The molecule has 0 atom stereocenters. The first-order chi connectivity index (χ1) is 9.26. The second kappa shape index (κ2) is 4.01. The summed E-state index contributed by atoms with van der Waals surface area (Å²) in [6.45, 7) is 9.02.